The number of anilines is 1. The third kappa shape index (κ3) is 2.34. The van der Waals surface area contributed by atoms with E-state index in [1.165, 1.54) is 16.7 Å². The predicted molar refractivity (Wildman–Crippen MR) is 74.4 cm³/mol. The average Bonchev–Trinajstić information content (AvgIpc) is 2.59. The number of hydrogen-bond donors (Lipinski definition) is 1. The van der Waals surface area contributed by atoms with E-state index in [4.69, 9.17) is 22.6 Å². The Morgan fingerprint density at radius 1 is 1.29 bits per heavy atom. The van der Waals surface area contributed by atoms with Crippen molar-refractivity contribution in [3.8, 4) is 11.8 Å². The molecule has 0 aliphatic heterocycles. The number of nitrogen functional groups attached to an aromatic ring is 1. The topological polar surface area (TPSA) is 54.7 Å². The zero-order valence-electron chi connectivity index (χ0n) is 11.2. The van der Waals surface area contributed by atoms with Gasteiger partial charge in [-0.25, -0.2) is 0 Å². The lowest BCUT2D eigenvalue weighted by atomic mass is 10.1. The highest BCUT2D eigenvalue weighted by Gasteiger charge is 2.36. The van der Waals surface area contributed by atoms with Crippen LogP contribution in [-0.2, 0) is 6.18 Å². The number of hydrogen-bond acceptors (Lipinski definition) is 2. The van der Waals surface area contributed by atoms with Crippen molar-refractivity contribution in [3.05, 3.63) is 45.6 Å². The molecular weight excluding hydrogens is 303 g/mol. The molecule has 2 rings (SSSR count). The van der Waals surface area contributed by atoms with Crippen LogP contribution in [0.1, 0.15) is 22.4 Å². The molecule has 3 nitrogen and oxygen atoms in total. The van der Waals surface area contributed by atoms with Crippen molar-refractivity contribution in [3.63, 3.8) is 0 Å². The third-order valence-electron chi connectivity index (χ3n) is 3.38. The number of nitrogens with two attached hydrogens (primary N) is 1. The molecule has 0 aliphatic carbocycles. The van der Waals surface area contributed by atoms with Crippen molar-refractivity contribution in [2.45, 2.75) is 20.0 Å². The highest BCUT2D eigenvalue weighted by atomic mass is 35.5. The van der Waals surface area contributed by atoms with Gasteiger partial charge in [-0.2, -0.15) is 18.4 Å². The van der Waals surface area contributed by atoms with Crippen LogP contribution in [-0.4, -0.2) is 4.57 Å². The largest absolute Gasteiger partial charge is 0.418 e. The van der Waals surface area contributed by atoms with E-state index >= 15 is 0 Å². The van der Waals surface area contributed by atoms with Crippen LogP contribution in [0.2, 0.25) is 5.02 Å². The van der Waals surface area contributed by atoms with Crippen LogP contribution in [0.3, 0.4) is 0 Å². The van der Waals surface area contributed by atoms with E-state index in [0.717, 1.165) is 6.07 Å². The first-order chi connectivity index (χ1) is 9.70. The Morgan fingerprint density at radius 3 is 2.38 bits per heavy atom. The number of para-hydroxylation sites is 1. The maximum atomic E-state index is 13.2. The van der Waals surface area contributed by atoms with Gasteiger partial charge in [-0.15, -0.1) is 0 Å². The summed E-state index contributed by atoms with van der Waals surface area (Å²) in [6.07, 6.45) is -4.58. The van der Waals surface area contributed by atoms with Crippen LogP contribution in [0.15, 0.2) is 18.2 Å². The molecule has 0 amide bonds. The van der Waals surface area contributed by atoms with E-state index in [-0.39, 0.29) is 22.1 Å². The number of benzene rings is 1. The SMILES string of the molecule is Cc1c(C#N)c(N)n(-c2c(Cl)cccc2C(F)(F)F)c1C. The highest BCUT2D eigenvalue weighted by Crippen LogP contribution is 2.40. The number of aromatic nitrogens is 1. The Balaban J connectivity index is 2.90. The first-order valence-corrected chi connectivity index (χ1v) is 6.31. The van der Waals surface area contributed by atoms with Gasteiger partial charge in [0.1, 0.15) is 11.9 Å². The molecule has 0 radical (unpaired) electrons. The van der Waals surface area contributed by atoms with E-state index in [0.29, 0.717) is 11.3 Å². The van der Waals surface area contributed by atoms with E-state index in [2.05, 4.69) is 0 Å². The lowest BCUT2D eigenvalue weighted by Crippen LogP contribution is -2.13. The first kappa shape index (κ1) is 15.3. The second-order valence-corrected chi connectivity index (χ2v) is 4.96. The number of alkyl halides is 3. The van der Waals surface area contributed by atoms with Crippen molar-refractivity contribution < 1.29 is 13.2 Å². The predicted octanol–water partition coefficient (Wildman–Crippen LogP) is 4.22. The Labute approximate surface area is 124 Å². The molecule has 0 bridgehead atoms. The van der Waals surface area contributed by atoms with E-state index in [1.807, 2.05) is 6.07 Å². The minimum Gasteiger partial charge on any atom is -0.384 e. The van der Waals surface area contributed by atoms with Gasteiger partial charge in [0, 0.05) is 5.69 Å². The van der Waals surface area contributed by atoms with Crippen molar-refractivity contribution >= 4 is 17.4 Å². The van der Waals surface area contributed by atoms with Crippen LogP contribution < -0.4 is 5.73 Å². The maximum absolute atomic E-state index is 13.2. The van der Waals surface area contributed by atoms with Crippen LogP contribution in [0.4, 0.5) is 19.0 Å². The number of halogens is 4. The molecule has 0 atom stereocenters. The summed E-state index contributed by atoms with van der Waals surface area (Å²) in [6, 6.07) is 5.41. The molecule has 0 unspecified atom stereocenters. The molecule has 21 heavy (non-hydrogen) atoms. The molecule has 1 heterocycles. The Bertz CT molecular complexity index is 754. The normalized spacial score (nSPS) is 11.5. The average molecular weight is 314 g/mol. The van der Waals surface area contributed by atoms with Gasteiger partial charge in [0.2, 0.25) is 0 Å². The molecule has 1 aromatic carbocycles. The maximum Gasteiger partial charge on any atom is 0.418 e. The molecule has 2 aromatic rings. The van der Waals surface area contributed by atoms with Crippen molar-refractivity contribution in [2.24, 2.45) is 0 Å². The summed E-state index contributed by atoms with van der Waals surface area (Å²) in [5.41, 5.74) is 5.82. The van der Waals surface area contributed by atoms with Crippen molar-refractivity contribution in [2.75, 3.05) is 5.73 Å². The Hall–Kier alpha value is -2.13. The molecule has 0 fully saturated rings. The van der Waals surface area contributed by atoms with Crippen LogP contribution in [0, 0.1) is 25.2 Å². The fourth-order valence-electron chi connectivity index (χ4n) is 2.23. The first-order valence-electron chi connectivity index (χ1n) is 5.93. The Morgan fingerprint density at radius 2 is 1.90 bits per heavy atom. The summed E-state index contributed by atoms with van der Waals surface area (Å²) in [5.74, 6) is -0.0499. The zero-order chi connectivity index (χ0) is 15.9. The standard InChI is InChI=1S/C14H11ClF3N3/c1-7-8(2)21(13(20)9(7)6-19)12-10(14(16,17)18)4-3-5-11(12)15/h3-5H,20H2,1-2H3. The van der Waals surface area contributed by atoms with Gasteiger partial charge in [-0.3, -0.25) is 4.57 Å². The molecule has 7 heteroatoms. The molecule has 2 N–H and O–H groups in total. The molecule has 1 aromatic heterocycles. The van der Waals surface area contributed by atoms with Crippen molar-refractivity contribution in [1.82, 2.24) is 4.57 Å². The number of nitriles is 1. The second kappa shape index (κ2) is 5.01. The second-order valence-electron chi connectivity index (χ2n) is 4.55. The third-order valence-corrected chi connectivity index (χ3v) is 3.68. The minimum atomic E-state index is -4.58. The lowest BCUT2D eigenvalue weighted by molar-refractivity contribution is -0.137. The lowest BCUT2D eigenvalue weighted by Gasteiger charge is -2.18. The van der Waals surface area contributed by atoms with Gasteiger partial charge in [0.05, 0.1) is 21.8 Å². The minimum absolute atomic E-state index is 0.0499. The number of nitrogens with zero attached hydrogens (tertiary/aromatic N) is 2. The quantitative estimate of drug-likeness (QED) is 0.857. The Kier molecular flexibility index (Phi) is 3.64. The van der Waals surface area contributed by atoms with E-state index in [1.54, 1.807) is 13.8 Å². The fourth-order valence-corrected chi connectivity index (χ4v) is 2.49. The molecular formula is C14H11ClF3N3. The van der Waals surface area contributed by atoms with Gasteiger partial charge in [0.25, 0.3) is 0 Å². The summed E-state index contributed by atoms with van der Waals surface area (Å²) in [4.78, 5) is 0. The molecule has 0 saturated heterocycles. The fraction of sp³-hybridized carbons (Fsp3) is 0.214. The summed E-state index contributed by atoms with van der Waals surface area (Å²) >= 11 is 5.96. The van der Waals surface area contributed by atoms with Gasteiger partial charge >= 0.3 is 6.18 Å². The van der Waals surface area contributed by atoms with Gasteiger partial charge in [-0.1, -0.05) is 17.7 Å². The highest BCUT2D eigenvalue weighted by molar-refractivity contribution is 6.32. The van der Waals surface area contributed by atoms with Crippen molar-refractivity contribution in [1.29, 1.82) is 5.26 Å². The molecule has 0 saturated carbocycles. The van der Waals surface area contributed by atoms with Gasteiger partial charge in [-0.05, 0) is 31.5 Å². The van der Waals surface area contributed by atoms with E-state index < -0.39 is 11.7 Å². The number of rotatable bonds is 1. The van der Waals surface area contributed by atoms with E-state index in [9.17, 15) is 13.2 Å². The molecule has 0 aliphatic rings. The molecule has 0 spiro atoms. The molecule has 110 valence electrons. The van der Waals surface area contributed by atoms with Gasteiger partial charge in [0.15, 0.2) is 0 Å². The smallest absolute Gasteiger partial charge is 0.384 e. The van der Waals surface area contributed by atoms with Gasteiger partial charge < -0.3 is 5.73 Å². The zero-order valence-corrected chi connectivity index (χ0v) is 12.0. The summed E-state index contributed by atoms with van der Waals surface area (Å²) in [5, 5.41) is 9.00. The van der Waals surface area contributed by atoms with Crippen LogP contribution in [0.25, 0.3) is 5.69 Å². The van der Waals surface area contributed by atoms with Crippen LogP contribution in [0.5, 0.6) is 0 Å². The monoisotopic (exact) mass is 313 g/mol. The summed E-state index contributed by atoms with van der Waals surface area (Å²) in [6.45, 7) is 3.22. The summed E-state index contributed by atoms with van der Waals surface area (Å²) in [7, 11) is 0. The van der Waals surface area contributed by atoms with Crippen LogP contribution >= 0.6 is 11.6 Å². The summed E-state index contributed by atoms with van der Waals surface area (Å²) < 4.78 is 40.7.